The second-order valence-electron chi connectivity index (χ2n) is 6.44. The van der Waals surface area contributed by atoms with Crippen molar-refractivity contribution < 1.29 is 9.18 Å². The van der Waals surface area contributed by atoms with E-state index in [0.29, 0.717) is 18.7 Å². The Bertz CT molecular complexity index is 921. The zero-order chi connectivity index (χ0) is 19.2. The fraction of sp³-hybridized carbons (Fsp3) is 0.182. The van der Waals surface area contributed by atoms with Gasteiger partial charge >= 0.3 is 0 Å². The Hall–Kier alpha value is -3.21. The van der Waals surface area contributed by atoms with Crippen molar-refractivity contribution >= 4 is 17.3 Å². The van der Waals surface area contributed by atoms with Gasteiger partial charge in [0.05, 0.1) is 11.9 Å². The lowest BCUT2D eigenvalue weighted by molar-refractivity contribution is 0.0949. The van der Waals surface area contributed by atoms with Gasteiger partial charge in [-0.3, -0.25) is 4.79 Å². The van der Waals surface area contributed by atoms with Gasteiger partial charge in [0.1, 0.15) is 11.5 Å². The molecule has 1 aromatic heterocycles. The van der Waals surface area contributed by atoms with E-state index in [0.717, 1.165) is 16.9 Å². The van der Waals surface area contributed by atoms with E-state index >= 15 is 0 Å². The third-order valence-electron chi connectivity index (χ3n) is 4.49. The molecule has 0 radical (unpaired) electrons. The Morgan fingerprint density at radius 3 is 2.52 bits per heavy atom. The van der Waals surface area contributed by atoms with Crippen LogP contribution >= 0.6 is 0 Å². The number of halogens is 1. The highest BCUT2D eigenvalue weighted by Gasteiger charge is 2.07. The second-order valence-corrected chi connectivity index (χ2v) is 6.44. The molecule has 0 aliphatic rings. The van der Waals surface area contributed by atoms with Gasteiger partial charge in [-0.25, -0.2) is 9.37 Å². The van der Waals surface area contributed by atoms with Crippen molar-refractivity contribution in [3.05, 3.63) is 89.0 Å². The van der Waals surface area contributed by atoms with Crippen molar-refractivity contribution in [2.24, 2.45) is 0 Å². The first-order valence-electron chi connectivity index (χ1n) is 8.85. The summed E-state index contributed by atoms with van der Waals surface area (Å²) in [5.74, 6) is -0.489. The summed E-state index contributed by atoms with van der Waals surface area (Å²) in [7, 11) is 0. The Balaban J connectivity index is 1.55. The average molecular weight is 363 g/mol. The molecule has 4 nitrogen and oxygen atoms in total. The Kier molecular flexibility index (Phi) is 5.81. The van der Waals surface area contributed by atoms with Crippen LogP contribution in [0, 0.1) is 19.7 Å². The zero-order valence-corrected chi connectivity index (χ0v) is 15.4. The summed E-state index contributed by atoms with van der Waals surface area (Å²) in [6, 6.07) is 15.9. The number of pyridine rings is 1. The molecular weight excluding hydrogens is 341 g/mol. The Morgan fingerprint density at radius 2 is 1.81 bits per heavy atom. The standard InChI is InChI=1S/C22H22FN3O/c1-15-4-3-5-20(16(15)2)26-19-10-11-21(25-14-19)22(27)24-13-12-17-6-8-18(23)9-7-17/h3-11,14,26H,12-13H2,1-2H3,(H,24,27). The van der Waals surface area contributed by atoms with Gasteiger partial charge < -0.3 is 10.6 Å². The van der Waals surface area contributed by atoms with Crippen molar-refractivity contribution in [2.75, 3.05) is 11.9 Å². The summed E-state index contributed by atoms with van der Waals surface area (Å²) >= 11 is 0. The van der Waals surface area contributed by atoms with E-state index in [1.807, 2.05) is 18.2 Å². The normalized spacial score (nSPS) is 10.5. The summed E-state index contributed by atoms with van der Waals surface area (Å²) in [4.78, 5) is 16.4. The lowest BCUT2D eigenvalue weighted by Crippen LogP contribution is -2.26. The smallest absolute Gasteiger partial charge is 0.269 e. The molecule has 1 amide bonds. The van der Waals surface area contributed by atoms with Crippen molar-refractivity contribution in [1.29, 1.82) is 0 Å². The molecular formula is C22H22FN3O. The average Bonchev–Trinajstić information content (AvgIpc) is 2.67. The predicted molar refractivity (Wildman–Crippen MR) is 106 cm³/mol. The van der Waals surface area contributed by atoms with Crippen LogP contribution in [-0.2, 0) is 6.42 Å². The fourth-order valence-electron chi connectivity index (χ4n) is 2.71. The van der Waals surface area contributed by atoms with Crippen LogP contribution in [0.25, 0.3) is 0 Å². The number of aryl methyl sites for hydroxylation is 1. The van der Waals surface area contributed by atoms with Gasteiger partial charge in [-0.05, 0) is 67.3 Å². The molecule has 2 aromatic carbocycles. The number of aromatic nitrogens is 1. The highest BCUT2D eigenvalue weighted by atomic mass is 19.1. The molecule has 27 heavy (non-hydrogen) atoms. The first-order valence-corrected chi connectivity index (χ1v) is 8.85. The maximum atomic E-state index is 12.9. The van der Waals surface area contributed by atoms with Crippen molar-refractivity contribution in [3.8, 4) is 0 Å². The minimum absolute atomic E-state index is 0.226. The minimum Gasteiger partial charge on any atom is -0.354 e. The molecule has 0 aliphatic carbocycles. The lowest BCUT2D eigenvalue weighted by Gasteiger charge is -2.11. The first-order chi connectivity index (χ1) is 13.0. The van der Waals surface area contributed by atoms with E-state index < -0.39 is 0 Å². The zero-order valence-electron chi connectivity index (χ0n) is 15.4. The number of carbonyl (C=O) groups is 1. The van der Waals surface area contributed by atoms with E-state index in [2.05, 4.69) is 35.5 Å². The highest BCUT2D eigenvalue weighted by molar-refractivity contribution is 5.92. The Morgan fingerprint density at radius 1 is 1.04 bits per heavy atom. The molecule has 0 fully saturated rings. The second kappa shape index (κ2) is 8.45. The van der Waals surface area contributed by atoms with Gasteiger partial charge in [-0.15, -0.1) is 0 Å². The molecule has 0 saturated carbocycles. The van der Waals surface area contributed by atoms with E-state index in [1.165, 1.54) is 23.3 Å². The number of nitrogens with zero attached hydrogens (tertiary/aromatic N) is 1. The molecule has 0 unspecified atom stereocenters. The van der Waals surface area contributed by atoms with Gasteiger partial charge in [0.15, 0.2) is 0 Å². The molecule has 0 bridgehead atoms. The molecule has 3 rings (SSSR count). The maximum absolute atomic E-state index is 12.9. The van der Waals surface area contributed by atoms with Crippen LogP contribution in [0.1, 0.15) is 27.2 Å². The molecule has 138 valence electrons. The van der Waals surface area contributed by atoms with E-state index in [4.69, 9.17) is 0 Å². The maximum Gasteiger partial charge on any atom is 0.269 e. The molecule has 5 heteroatoms. The molecule has 0 spiro atoms. The summed E-state index contributed by atoms with van der Waals surface area (Å²) in [5, 5.41) is 6.16. The summed E-state index contributed by atoms with van der Waals surface area (Å²) in [6.07, 6.45) is 2.29. The minimum atomic E-state index is -0.262. The van der Waals surface area contributed by atoms with Crippen LogP contribution in [0.5, 0.6) is 0 Å². The van der Waals surface area contributed by atoms with E-state index in [-0.39, 0.29) is 11.7 Å². The highest BCUT2D eigenvalue weighted by Crippen LogP contribution is 2.22. The topological polar surface area (TPSA) is 54.0 Å². The lowest BCUT2D eigenvalue weighted by atomic mass is 10.1. The number of carbonyl (C=O) groups excluding carboxylic acids is 1. The monoisotopic (exact) mass is 363 g/mol. The largest absolute Gasteiger partial charge is 0.354 e. The van der Waals surface area contributed by atoms with Crippen LogP contribution in [-0.4, -0.2) is 17.4 Å². The van der Waals surface area contributed by atoms with Gasteiger partial charge in [0.2, 0.25) is 0 Å². The number of benzene rings is 2. The van der Waals surface area contributed by atoms with Crippen LogP contribution < -0.4 is 10.6 Å². The number of hydrogen-bond acceptors (Lipinski definition) is 3. The molecule has 0 aliphatic heterocycles. The Labute approximate surface area is 158 Å². The van der Waals surface area contributed by atoms with Gasteiger partial charge in [-0.1, -0.05) is 24.3 Å². The summed E-state index contributed by atoms with van der Waals surface area (Å²) < 4.78 is 12.9. The van der Waals surface area contributed by atoms with Crippen LogP contribution in [0.2, 0.25) is 0 Å². The van der Waals surface area contributed by atoms with E-state index in [1.54, 1.807) is 24.4 Å². The molecule has 1 heterocycles. The van der Waals surface area contributed by atoms with Gasteiger partial charge in [0.25, 0.3) is 5.91 Å². The van der Waals surface area contributed by atoms with Gasteiger partial charge in [0, 0.05) is 12.2 Å². The molecule has 0 atom stereocenters. The van der Waals surface area contributed by atoms with E-state index in [9.17, 15) is 9.18 Å². The van der Waals surface area contributed by atoms with Crippen LogP contribution in [0.3, 0.4) is 0 Å². The third-order valence-corrected chi connectivity index (χ3v) is 4.49. The van der Waals surface area contributed by atoms with Gasteiger partial charge in [-0.2, -0.15) is 0 Å². The van der Waals surface area contributed by atoms with Crippen molar-refractivity contribution in [1.82, 2.24) is 10.3 Å². The van der Waals surface area contributed by atoms with Crippen LogP contribution in [0.15, 0.2) is 60.8 Å². The SMILES string of the molecule is Cc1cccc(Nc2ccc(C(=O)NCCc3ccc(F)cc3)nc2)c1C. The molecule has 0 saturated heterocycles. The van der Waals surface area contributed by atoms with Crippen LogP contribution in [0.4, 0.5) is 15.8 Å². The fourth-order valence-corrected chi connectivity index (χ4v) is 2.71. The summed E-state index contributed by atoms with van der Waals surface area (Å²) in [5.41, 5.74) is 5.57. The summed E-state index contributed by atoms with van der Waals surface area (Å²) in [6.45, 7) is 4.60. The predicted octanol–water partition coefficient (Wildman–Crippen LogP) is 4.55. The number of nitrogens with one attached hydrogen (secondary N) is 2. The number of amides is 1. The van der Waals surface area contributed by atoms with Crippen molar-refractivity contribution in [3.63, 3.8) is 0 Å². The van der Waals surface area contributed by atoms with Crippen molar-refractivity contribution in [2.45, 2.75) is 20.3 Å². The first kappa shape index (κ1) is 18.6. The molecule has 3 aromatic rings. The number of rotatable bonds is 6. The number of anilines is 2. The number of hydrogen-bond donors (Lipinski definition) is 2. The quantitative estimate of drug-likeness (QED) is 0.675. The molecule has 2 N–H and O–H groups in total. The third kappa shape index (κ3) is 4.91.